The summed E-state index contributed by atoms with van der Waals surface area (Å²) in [4.78, 5) is 64.7. The highest BCUT2D eigenvalue weighted by Gasteiger charge is 2.38. The molecule has 0 bridgehead atoms. The van der Waals surface area contributed by atoms with Crippen LogP contribution < -0.4 is 25.4 Å². The maximum absolute atomic E-state index is 15.4. The van der Waals surface area contributed by atoms with Crippen LogP contribution in [0.4, 0.5) is 15.8 Å². The smallest absolute Gasteiger partial charge is 0.330 e. The average Bonchev–Trinajstić information content (AvgIpc) is 3.50. The summed E-state index contributed by atoms with van der Waals surface area (Å²) in [5.74, 6) is -3.48. The average molecular weight is 722 g/mol. The van der Waals surface area contributed by atoms with Crippen molar-refractivity contribution in [3.8, 4) is 5.75 Å². The van der Waals surface area contributed by atoms with Gasteiger partial charge in [0.25, 0.3) is 5.91 Å². The van der Waals surface area contributed by atoms with Crippen LogP contribution in [0.1, 0.15) is 63.1 Å². The minimum atomic E-state index is -4.34. The van der Waals surface area contributed by atoms with Gasteiger partial charge in [0.1, 0.15) is 24.0 Å². The predicted molar refractivity (Wildman–Crippen MR) is 185 cm³/mol. The lowest BCUT2D eigenvalue weighted by atomic mass is 9.89. The Morgan fingerprint density at radius 1 is 1.00 bits per heavy atom. The van der Waals surface area contributed by atoms with Gasteiger partial charge < -0.3 is 10.4 Å². The van der Waals surface area contributed by atoms with E-state index in [9.17, 15) is 37.5 Å². The highest BCUT2D eigenvalue weighted by molar-refractivity contribution is 7.92. The number of halogens is 1. The van der Waals surface area contributed by atoms with Crippen LogP contribution in [0.2, 0.25) is 0 Å². The number of fused-ring (bicyclic) bond motifs is 2. The third-order valence-corrected chi connectivity index (χ3v) is 11.2. The highest BCUT2D eigenvalue weighted by Crippen LogP contribution is 2.39. The van der Waals surface area contributed by atoms with Crippen LogP contribution in [0, 0.1) is 5.82 Å². The molecule has 268 valence electrons. The molecule has 3 aliphatic rings. The summed E-state index contributed by atoms with van der Waals surface area (Å²) in [7, 11) is -4.34. The Morgan fingerprint density at radius 3 is 2.41 bits per heavy atom. The predicted octanol–water partition coefficient (Wildman–Crippen LogP) is 2.36. The number of phenolic OH excluding ortho intramolecular Hbond substituents is 1. The third kappa shape index (κ3) is 6.20. The van der Waals surface area contributed by atoms with E-state index in [1.54, 1.807) is 9.29 Å². The number of phenols is 1. The van der Waals surface area contributed by atoms with Crippen molar-refractivity contribution in [2.24, 2.45) is 0 Å². The van der Waals surface area contributed by atoms with E-state index < -0.39 is 51.9 Å². The zero-order valence-corrected chi connectivity index (χ0v) is 28.6. The number of hydrogen-bond acceptors (Lipinski definition) is 9. The lowest BCUT2D eigenvalue weighted by Crippen LogP contribution is -2.44. The number of imidazole rings is 1. The maximum Gasteiger partial charge on any atom is 0.330 e. The molecule has 3 aromatic carbocycles. The number of hydrogen-bond donors (Lipinski definition) is 4. The zero-order valence-electron chi connectivity index (χ0n) is 27.8. The fourth-order valence-corrected chi connectivity index (χ4v) is 8.53. The molecule has 4 aromatic rings. The molecule has 3 fully saturated rings. The Hall–Kier alpha value is -5.29. The molecule has 3 aliphatic heterocycles. The van der Waals surface area contributed by atoms with E-state index in [4.69, 9.17) is 0 Å². The standard InChI is InChI=1S/C34H36FN7O8S/c1-18(2)41-26-14-20(3-6-24(26)42(34(41)48)25-7-8-28(44)37-33(25)47)19-9-11-39(12-10-19)16-29(45)36-22-4-5-23-21(13-22)15-27(43)32(31(23)35)40-17-30(46)38-51(40,49)50/h3-6,13-15,18-19,25,43H,7-12,16-17H2,1-2H3,(H,36,45)(H,38,46)(H,37,44,47). The first kappa shape index (κ1) is 34.2. The van der Waals surface area contributed by atoms with Crippen molar-refractivity contribution in [1.82, 2.24) is 24.1 Å². The van der Waals surface area contributed by atoms with E-state index >= 15 is 4.39 Å². The SMILES string of the molecule is CC(C)n1c(=O)n(C2CCC(=O)NC2=O)c2ccc(C3CCN(CC(=O)Nc4ccc5c(F)c(N6CC(=O)NS6(=O)=O)c(O)cc5c4)CC3)cc21. The van der Waals surface area contributed by atoms with E-state index in [1.165, 1.54) is 28.8 Å². The summed E-state index contributed by atoms with van der Waals surface area (Å²) >= 11 is 0. The molecule has 17 heteroatoms. The van der Waals surface area contributed by atoms with Gasteiger partial charge in [-0.15, -0.1) is 0 Å². The Labute approximate surface area is 291 Å². The number of likely N-dealkylation sites (tertiary alicyclic amines) is 1. The topological polar surface area (TPSA) is 192 Å². The minimum absolute atomic E-state index is 0.00598. The van der Waals surface area contributed by atoms with Crippen molar-refractivity contribution < 1.29 is 37.1 Å². The van der Waals surface area contributed by atoms with Gasteiger partial charge in [0.05, 0.1) is 17.6 Å². The highest BCUT2D eigenvalue weighted by atomic mass is 32.2. The summed E-state index contributed by atoms with van der Waals surface area (Å²) in [5, 5.41) is 15.9. The van der Waals surface area contributed by atoms with Crippen molar-refractivity contribution >= 4 is 67.0 Å². The van der Waals surface area contributed by atoms with E-state index in [0.717, 1.165) is 23.9 Å². The van der Waals surface area contributed by atoms with Crippen LogP contribution in [0.3, 0.4) is 0 Å². The first-order chi connectivity index (χ1) is 24.2. The Kier molecular flexibility index (Phi) is 8.57. The molecule has 7 rings (SSSR count). The second-order valence-electron chi connectivity index (χ2n) is 13.5. The molecule has 1 unspecified atom stereocenters. The van der Waals surface area contributed by atoms with E-state index in [-0.39, 0.29) is 59.6 Å². The molecule has 0 saturated carbocycles. The number of benzene rings is 3. The number of aromatic hydroxyl groups is 1. The number of rotatable bonds is 7. The van der Waals surface area contributed by atoms with Gasteiger partial charge in [0, 0.05) is 23.5 Å². The number of nitrogens with one attached hydrogen (secondary N) is 3. The lowest BCUT2D eigenvalue weighted by molar-refractivity contribution is -0.135. The molecule has 0 radical (unpaired) electrons. The van der Waals surface area contributed by atoms with Crippen LogP contribution in [-0.2, 0) is 29.4 Å². The number of anilines is 2. The van der Waals surface area contributed by atoms with Gasteiger partial charge >= 0.3 is 15.9 Å². The molecule has 1 atom stereocenters. The van der Waals surface area contributed by atoms with Gasteiger partial charge in [-0.25, -0.2) is 18.2 Å². The number of aromatic nitrogens is 2. The van der Waals surface area contributed by atoms with Crippen LogP contribution in [0.5, 0.6) is 5.75 Å². The van der Waals surface area contributed by atoms with E-state index in [0.29, 0.717) is 28.6 Å². The van der Waals surface area contributed by atoms with Gasteiger partial charge in [-0.05, 0) is 99.5 Å². The van der Waals surface area contributed by atoms with Gasteiger partial charge in [0.2, 0.25) is 17.7 Å². The minimum Gasteiger partial charge on any atom is -0.506 e. The summed E-state index contributed by atoms with van der Waals surface area (Å²) in [6.45, 7) is 4.54. The van der Waals surface area contributed by atoms with Crippen LogP contribution in [0.15, 0.2) is 47.3 Å². The fourth-order valence-electron chi connectivity index (χ4n) is 7.37. The van der Waals surface area contributed by atoms with Crippen molar-refractivity contribution in [3.63, 3.8) is 0 Å². The lowest BCUT2D eigenvalue weighted by Gasteiger charge is -2.31. The first-order valence-electron chi connectivity index (χ1n) is 16.6. The molecule has 0 aliphatic carbocycles. The van der Waals surface area contributed by atoms with E-state index in [1.807, 2.05) is 36.9 Å². The number of carbonyl (C=O) groups excluding carboxylic acids is 4. The molecular formula is C34H36FN7O8S. The number of amides is 4. The van der Waals surface area contributed by atoms with Gasteiger partial charge in [0.15, 0.2) is 5.82 Å². The molecule has 1 aromatic heterocycles. The van der Waals surface area contributed by atoms with Gasteiger partial charge in [-0.3, -0.25) is 38.5 Å². The zero-order chi connectivity index (χ0) is 36.4. The molecule has 51 heavy (non-hydrogen) atoms. The number of piperidine rings is 2. The Morgan fingerprint density at radius 2 is 1.75 bits per heavy atom. The number of nitrogens with zero attached hydrogens (tertiary/aromatic N) is 4. The maximum atomic E-state index is 15.4. The largest absolute Gasteiger partial charge is 0.506 e. The van der Waals surface area contributed by atoms with Gasteiger partial charge in [-0.1, -0.05) is 6.07 Å². The van der Waals surface area contributed by atoms with Crippen molar-refractivity contribution in [2.45, 2.75) is 57.5 Å². The molecule has 3 saturated heterocycles. The van der Waals surface area contributed by atoms with Crippen LogP contribution in [-0.4, -0.2) is 77.4 Å². The molecule has 4 heterocycles. The summed E-state index contributed by atoms with van der Waals surface area (Å²) in [6.07, 6.45) is 1.96. The summed E-state index contributed by atoms with van der Waals surface area (Å²) in [6, 6.07) is 10.4. The molecule has 4 amide bonds. The first-order valence-corrected chi connectivity index (χ1v) is 18.1. The molecule has 0 spiro atoms. The molecule has 4 N–H and O–H groups in total. The van der Waals surface area contributed by atoms with Crippen molar-refractivity contribution in [2.75, 3.05) is 35.8 Å². The third-order valence-electron chi connectivity index (χ3n) is 9.78. The Balaban J connectivity index is 1.02. The monoisotopic (exact) mass is 721 g/mol. The quantitative estimate of drug-likeness (QED) is 0.208. The van der Waals surface area contributed by atoms with E-state index in [2.05, 4.69) is 10.6 Å². The normalized spacial score (nSPS) is 20.0. The molecular weight excluding hydrogens is 685 g/mol. The fraction of sp³-hybridized carbons (Fsp3) is 0.382. The van der Waals surface area contributed by atoms with Gasteiger partial charge in [-0.2, -0.15) is 8.42 Å². The van der Waals surface area contributed by atoms with Crippen LogP contribution in [0.25, 0.3) is 21.8 Å². The summed E-state index contributed by atoms with van der Waals surface area (Å²) in [5.41, 5.74) is 1.85. The van der Waals surface area contributed by atoms with Crippen molar-refractivity contribution in [1.29, 1.82) is 0 Å². The number of imide groups is 1. The second-order valence-corrected chi connectivity index (χ2v) is 15.1. The van der Waals surface area contributed by atoms with Crippen LogP contribution >= 0.6 is 0 Å². The molecule has 15 nitrogen and oxygen atoms in total. The second kappa shape index (κ2) is 12.8. The van der Waals surface area contributed by atoms with Crippen molar-refractivity contribution in [3.05, 3.63) is 64.3 Å². The summed E-state index contributed by atoms with van der Waals surface area (Å²) < 4.78 is 45.3. The number of carbonyl (C=O) groups is 4. The Bertz CT molecular complexity index is 2310.